The first kappa shape index (κ1) is 13.4. The minimum Gasteiger partial charge on any atom is -0.387 e. The average Bonchev–Trinajstić information content (AvgIpc) is 3.19. The first-order chi connectivity index (χ1) is 9.76. The van der Waals surface area contributed by atoms with Crippen molar-refractivity contribution in [3.63, 3.8) is 0 Å². The molecule has 3 rings (SSSR count). The van der Waals surface area contributed by atoms with E-state index >= 15 is 0 Å². The van der Waals surface area contributed by atoms with Gasteiger partial charge in [-0.25, -0.2) is 9.67 Å². The molecule has 3 heterocycles. The van der Waals surface area contributed by atoms with Gasteiger partial charge in [0.15, 0.2) is 0 Å². The van der Waals surface area contributed by atoms with Crippen LogP contribution in [0.5, 0.6) is 0 Å². The molecule has 0 saturated carbocycles. The van der Waals surface area contributed by atoms with E-state index in [1.165, 1.54) is 0 Å². The van der Waals surface area contributed by atoms with Crippen molar-refractivity contribution in [3.8, 4) is 10.6 Å². The Labute approximate surface area is 124 Å². The molecule has 0 spiro atoms. The van der Waals surface area contributed by atoms with Crippen LogP contribution in [-0.2, 0) is 6.54 Å². The Morgan fingerprint density at radius 2 is 2.30 bits per heavy atom. The topological polar surface area (TPSA) is 63.8 Å². The first-order valence-corrected chi connectivity index (χ1v) is 8.13. The van der Waals surface area contributed by atoms with Crippen molar-refractivity contribution in [2.75, 3.05) is 0 Å². The monoisotopic (exact) mass is 306 g/mol. The van der Waals surface area contributed by atoms with E-state index in [2.05, 4.69) is 26.7 Å². The lowest BCUT2D eigenvalue weighted by Gasteiger charge is -2.00. The number of hydrogen-bond donors (Lipinski definition) is 1. The van der Waals surface area contributed by atoms with Crippen LogP contribution in [0.25, 0.3) is 10.6 Å². The molecule has 1 N–H and O–H groups in total. The summed E-state index contributed by atoms with van der Waals surface area (Å²) in [7, 11) is 0. The van der Waals surface area contributed by atoms with Gasteiger partial charge < -0.3 is 5.11 Å². The standard InChI is InChI=1S/C13H14N4OS2/c1-2-12(18)11-6-17(16-15-11)5-10-8-20-13(14-10)9-3-4-19-7-9/h3-4,6-8,12,18H,2,5H2,1H3. The van der Waals surface area contributed by atoms with Crippen LogP contribution in [0.4, 0.5) is 0 Å². The van der Waals surface area contributed by atoms with Gasteiger partial charge in [-0.3, -0.25) is 0 Å². The predicted octanol–water partition coefficient (Wildman–Crippen LogP) is 2.95. The third-order valence-electron chi connectivity index (χ3n) is 2.93. The van der Waals surface area contributed by atoms with Gasteiger partial charge in [0.05, 0.1) is 24.5 Å². The van der Waals surface area contributed by atoms with Crippen LogP contribution >= 0.6 is 22.7 Å². The van der Waals surface area contributed by atoms with Crippen LogP contribution in [0, 0.1) is 0 Å². The molecule has 7 heteroatoms. The van der Waals surface area contributed by atoms with Gasteiger partial charge in [-0.1, -0.05) is 12.1 Å². The molecule has 3 aromatic heterocycles. The fourth-order valence-corrected chi connectivity index (χ4v) is 3.34. The minimum absolute atomic E-state index is 0.541. The van der Waals surface area contributed by atoms with E-state index in [0.717, 1.165) is 16.3 Å². The van der Waals surface area contributed by atoms with Crippen LogP contribution in [0.2, 0.25) is 0 Å². The highest BCUT2D eigenvalue weighted by Crippen LogP contribution is 2.26. The summed E-state index contributed by atoms with van der Waals surface area (Å²) < 4.78 is 1.71. The third-order valence-corrected chi connectivity index (χ3v) is 4.55. The zero-order chi connectivity index (χ0) is 13.9. The second-order valence-corrected chi connectivity index (χ2v) is 6.06. The van der Waals surface area contributed by atoms with Crippen molar-refractivity contribution in [3.05, 3.63) is 39.8 Å². The highest BCUT2D eigenvalue weighted by atomic mass is 32.1. The van der Waals surface area contributed by atoms with E-state index in [1.54, 1.807) is 33.6 Å². The number of thiazole rings is 1. The van der Waals surface area contributed by atoms with E-state index in [4.69, 9.17) is 0 Å². The Hall–Kier alpha value is -1.57. The maximum atomic E-state index is 9.71. The zero-order valence-electron chi connectivity index (χ0n) is 10.9. The number of rotatable bonds is 5. The van der Waals surface area contributed by atoms with Crippen molar-refractivity contribution in [1.29, 1.82) is 0 Å². The molecule has 3 aromatic rings. The molecule has 0 aliphatic heterocycles. The smallest absolute Gasteiger partial charge is 0.124 e. The molecule has 0 aromatic carbocycles. The number of hydrogen-bond acceptors (Lipinski definition) is 6. The van der Waals surface area contributed by atoms with Crippen molar-refractivity contribution < 1.29 is 5.11 Å². The summed E-state index contributed by atoms with van der Waals surface area (Å²) in [5.41, 5.74) is 2.73. The van der Waals surface area contributed by atoms with Gasteiger partial charge in [-0.2, -0.15) is 11.3 Å². The van der Waals surface area contributed by atoms with E-state index in [1.807, 2.05) is 17.7 Å². The summed E-state index contributed by atoms with van der Waals surface area (Å²) in [6.45, 7) is 2.49. The Kier molecular flexibility index (Phi) is 3.90. The number of nitrogens with zero attached hydrogens (tertiary/aromatic N) is 4. The first-order valence-electron chi connectivity index (χ1n) is 6.31. The summed E-state index contributed by atoms with van der Waals surface area (Å²) in [4.78, 5) is 4.60. The summed E-state index contributed by atoms with van der Waals surface area (Å²) in [6, 6.07) is 2.07. The Morgan fingerprint density at radius 3 is 3.05 bits per heavy atom. The highest BCUT2D eigenvalue weighted by Gasteiger charge is 2.11. The molecule has 0 amide bonds. The molecule has 0 bridgehead atoms. The van der Waals surface area contributed by atoms with Crippen LogP contribution in [0.15, 0.2) is 28.4 Å². The van der Waals surface area contributed by atoms with Gasteiger partial charge >= 0.3 is 0 Å². The molecular weight excluding hydrogens is 292 g/mol. The molecule has 1 atom stereocenters. The van der Waals surface area contributed by atoms with Crippen LogP contribution in [0.1, 0.15) is 30.8 Å². The second kappa shape index (κ2) is 5.82. The lowest BCUT2D eigenvalue weighted by molar-refractivity contribution is 0.168. The van der Waals surface area contributed by atoms with Gasteiger partial charge in [0.25, 0.3) is 0 Å². The molecule has 5 nitrogen and oxygen atoms in total. The van der Waals surface area contributed by atoms with E-state index in [9.17, 15) is 5.11 Å². The summed E-state index contributed by atoms with van der Waals surface area (Å²) in [6.07, 6.45) is 1.87. The summed E-state index contributed by atoms with van der Waals surface area (Å²) in [5.74, 6) is 0. The predicted molar refractivity (Wildman–Crippen MR) is 79.8 cm³/mol. The molecule has 20 heavy (non-hydrogen) atoms. The molecule has 104 valence electrons. The van der Waals surface area contributed by atoms with Crippen molar-refractivity contribution in [1.82, 2.24) is 20.0 Å². The Balaban J connectivity index is 1.73. The molecular formula is C13H14N4OS2. The van der Waals surface area contributed by atoms with Crippen LogP contribution in [-0.4, -0.2) is 25.1 Å². The molecule has 0 radical (unpaired) electrons. The number of aliphatic hydroxyl groups excluding tert-OH is 1. The average molecular weight is 306 g/mol. The van der Waals surface area contributed by atoms with Crippen LogP contribution < -0.4 is 0 Å². The quantitative estimate of drug-likeness (QED) is 0.787. The highest BCUT2D eigenvalue weighted by molar-refractivity contribution is 7.14. The minimum atomic E-state index is -0.541. The van der Waals surface area contributed by atoms with Gasteiger partial charge in [-0.15, -0.1) is 16.4 Å². The maximum absolute atomic E-state index is 9.71. The molecule has 0 saturated heterocycles. The largest absolute Gasteiger partial charge is 0.387 e. The summed E-state index contributed by atoms with van der Waals surface area (Å²) in [5, 5.41) is 24.9. The lowest BCUT2D eigenvalue weighted by Crippen LogP contribution is -2.00. The van der Waals surface area contributed by atoms with Crippen molar-refractivity contribution in [2.24, 2.45) is 0 Å². The van der Waals surface area contributed by atoms with Crippen LogP contribution in [0.3, 0.4) is 0 Å². The molecule has 1 unspecified atom stereocenters. The fraction of sp³-hybridized carbons (Fsp3) is 0.308. The Morgan fingerprint density at radius 1 is 1.40 bits per heavy atom. The zero-order valence-corrected chi connectivity index (χ0v) is 12.6. The number of aromatic nitrogens is 4. The van der Waals surface area contributed by atoms with Gasteiger partial charge in [-0.05, 0) is 17.9 Å². The third kappa shape index (κ3) is 2.79. The van der Waals surface area contributed by atoms with Crippen molar-refractivity contribution in [2.45, 2.75) is 26.0 Å². The van der Waals surface area contributed by atoms with E-state index in [0.29, 0.717) is 18.7 Å². The lowest BCUT2D eigenvalue weighted by atomic mass is 10.2. The van der Waals surface area contributed by atoms with Gasteiger partial charge in [0, 0.05) is 16.3 Å². The maximum Gasteiger partial charge on any atom is 0.124 e. The number of thiophene rings is 1. The van der Waals surface area contributed by atoms with E-state index in [-0.39, 0.29) is 0 Å². The molecule has 0 aliphatic rings. The summed E-state index contributed by atoms with van der Waals surface area (Å²) >= 11 is 3.30. The normalized spacial score (nSPS) is 12.7. The van der Waals surface area contributed by atoms with Crippen molar-refractivity contribution >= 4 is 22.7 Å². The van der Waals surface area contributed by atoms with E-state index < -0.39 is 6.10 Å². The Bertz CT molecular complexity index is 674. The van der Waals surface area contributed by atoms with Gasteiger partial charge in [0.2, 0.25) is 0 Å². The molecule has 0 aliphatic carbocycles. The SMILES string of the molecule is CCC(O)c1cn(Cc2csc(-c3ccsc3)n2)nn1. The fourth-order valence-electron chi connectivity index (χ4n) is 1.82. The molecule has 0 fully saturated rings. The second-order valence-electron chi connectivity index (χ2n) is 4.42. The number of aliphatic hydroxyl groups is 1. The van der Waals surface area contributed by atoms with Gasteiger partial charge in [0.1, 0.15) is 10.7 Å².